The van der Waals surface area contributed by atoms with Crippen molar-refractivity contribution in [3.8, 4) is 0 Å². The normalized spacial score (nSPS) is 18.6. The van der Waals surface area contributed by atoms with Gasteiger partial charge in [-0.3, -0.25) is 0 Å². The Hall–Kier alpha value is -1.50. The van der Waals surface area contributed by atoms with Gasteiger partial charge in [0.1, 0.15) is 0 Å². The zero-order valence-electron chi connectivity index (χ0n) is 8.09. The molecule has 1 N–H and O–H groups in total. The van der Waals surface area contributed by atoms with E-state index in [0.717, 1.165) is 6.54 Å². The van der Waals surface area contributed by atoms with Gasteiger partial charge in [-0.05, 0) is 24.0 Å². The Kier molecular flexibility index (Phi) is 1.69. The van der Waals surface area contributed by atoms with Gasteiger partial charge < -0.3 is 5.32 Å². The second kappa shape index (κ2) is 3.02. The van der Waals surface area contributed by atoms with E-state index in [1.165, 1.54) is 35.2 Å². The van der Waals surface area contributed by atoms with Crippen molar-refractivity contribution in [3.05, 3.63) is 53.1 Å². The molecule has 1 heterocycles. The largest absolute Gasteiger partial charge is 0.381 e. The molecule has 14 heavy (non-hydrogen) atoms. The lowest BCUT2D eigenvalue weighted by Crippen LogP contribution is -2.21. The number of nitrogens with one attached hydrogen (secondary N) is 1. The predicted octanol–water partition coefficient (Wildman–Crippen LogP) is 2.50. The molecule has 2 aliphatic rings. The molecule has 70 valence electrons. The Morgan fingerprint density at radius 2 is 2.00 bits per heavy atom. The van der Waals surface area contributed by atoms with Crippen LogP contribution in [-0.4, -0.2) is 6.54 Å². The van der Waals surface area contributed by atoms with Gasteiger partial charge >= 0.3 is 0 Å². The molecule has 0 fully saturated rings. The van der Waals surface area contributed by atoms with Crippen LogP contribution in [0.1, 0.15) is 17.5 Å². The maximum atomic E-state index is 3.47. The first kappa shape index (κ1) is 7.86. The minimum absolute atomic E-state index is 0.965. The molecule has 1 aliphatic heterocycles. The highest BCUT2D eigenvalue weighted by Gasteiger charge is 2.17. The van der Waals surface area contributed by atoms with Crippen LogP contribution in [0.4, 0.5) is 0 Å². The summed E-state index contributed by atoms with van der Waals surface area (Å²) in [6.45, 7) is 0.965. The minimum atomic E-state index is 0.965. The highest BCUT2D eigenvalue weighted by molar-refractivity contribution is 5.74. The molecule has 1 heteroatoms. The first-order valence-corrected chi connectivity index (χ1v) is 5.17. The highest BCUT2D eigenvalue weighted by atomic mass is 14.9. The quantitative estimate of drug-likeness (QED) is 0.651. The second-order valence-corrected chi connectivity index (χ2v) is 3.84. The van der Waals surface area contributed by atoms with Gasteiger partial charge in [0.15, 0.2) is 0 Å². The summed E-state index contributed by atoms with van der Waals surface area (Å²) >= 11 is 0. The fourth-order valence-corrected chi connectivity index (χ4v) is 2.29. The van der Waals surface area contributed by atoms with Gasteiger partial charge in [0.05, 0.1) is 0 Å². The van der Waals surface area contributed by atoms with Gasteiger partial charge in [0, 0.05) is 17.8 Å². The van der Waals surface area contributed by atoms with E-state index in [4.69, 9.17) is 0 Å². The van der Waals surface area contributed by atoms with Gasteiger partial charge in [-0.25, -0.2) is 0 Å². The first-order chi connectivity index (χ1) is 6.95. The van der Waals surface area contributed by atoms with Crippen molar-refractivity contribution in [2.75, 3.05) is 6.54 Å². The van der Waals surface area contributed by atoms with Crippen molar-refractivity contribution in [3.63, 3.8) is 0 Å². The summed E-state index contributed by atoms with van der Waals surface area (Å²) in [5.74, 6) is 0. The number of benzene rings is 1. The van der Waals surface area contributed by atoms with Crippen LogP contribution in [0.5, 0.6) is 0 Å². The first-order valence-electron chi connectivity index (χ1n) is 5.17. The maximum absolute atomic E-state index is 3.47. The van der Waals surface area contributed by atoms with Crippen LogP contribution in [0, 0.1) is 0 Å². The molecule has 3 rings (SSSR count). The van der Waals surface area contributed by atoms with E-state index in [-0.39, 0.29) is 0 Å². The van der Waals surface area contributed by atoms with Crippen LogP contribution in [0.3, 0.4) is 0 Å². The summed E-state index contributed by atoms with van der Waals surface area (Å²) in [5, 5.41) is 3.47. The number of aryl methyl sites for hydroxylation is 1. The van der Waals surface area contributed by atoms with Crippen molar-refractivity contribution in [2.45, 2.75) is 12.8 Å². The van der Waals surface area contributed by atoms with Crippen LogP contribution in [0.25, 0.3) is 5.70 Å². The van der Waals surface area contributed by atoms with Crippen LogP contribution in [0.2, 0.25) is 0 Å². The van der Waals surface area contributed by atoms with E-state index < -0.39 is 0 Å². The molecule has 1 aromatic carbocycles. The van der Waals surface area contributed by atoms with Gasteiger partial charge in [-0.1, -0.05) is 36.4 Å². The standard InChI is InChI=1S/C13H13N/c1-2-6-12-10(4-1)7-8-11-5-3-9-14-13(11)12/h1-6,14H,7-9H2. The Morgan fingerprint density at radius 1 is 1.07 bits per heavy atom. The Morgan fingerprint density at radius 3 is 3.00 bits per heavy atom. The third-order valence-electron chi connectivity index (χ3n) is 2.99. The number of dihydropyridines is 1. The predicted molar refractivity (Wildman–Crippen MR) is 58.8 cm³/mol. The molecule has 1 aliphatic carbocycles. The summed E-state index contributed by atoms with van der Waals surface area (Å²) < 4.78 is 0. The third-order valence-corrected chi connectivity index (χ3v) is 2.99. The summed E-state index contributed by atoms with van der Waals surface area (Å²) in [5.41, 5.74) is 5.71. The van der Waals surface area contributed by atoms with Crippen molar-refractivity contribution in [2.24, 2.45) is 0 Å². The summed E-state index contributed by atoms with van der Waals surface area (Å²) in [6, 6.07) is 8.70. The smallest absolute Gasteiger partial charge is 0.0451 e. The molecule has 0 aromatic heterocycles. The van der Waals surface area contributed by atoms with E-state index in [2.05, 4.69) is 41.7 Å². The van der Waals surface area contributed by atoms with Crippen molar-refractivity contribution in [1.29, 1.82) is 0 Å². The van der Waals surface area contributed by atoms with E-state index >= 15 is 0 Å². The fourth-order valence-electron chi connectivity index (χ4n) is 2.29. The van der Waals surface area contributed by atoms with Crippen molar-refractivity contribution < 1.29 is 0 Å². The summed E-state index contributed by atoms with van der Waals surface area (Å²) in [4.78, 5) is 0. The molecular formula is C13H13N. The second-order valence-electron chi connectivity index (χ2n) is 3.84. The molecule has 0 saturated heterocycles. The van der Waals surface area contributed by atoms with Gasteiger partial charge in [0.25, 0.3) is 0 Å². The SMILES string of the molecule is C1=CC2=C(NC1)c1ccccc1CC2. The lowest BCUT2D eigenvalue weighted by Gasteiger charge is -2.25. The average molecular weight is 183 g/mol. The molecule has 0 atom stereocenters. The van der Waals surface area contributed by atoms with Crippen LogP contribution >= 0.6 is 0 Å². The molecule has 0 unspecified atom stereocenters. The van der Waals surface area contributed by atoms with Crippen LogP contribution in [0.15, 0.2) is 42.0 Å². The lowest BCUT2D eigenvalue weighted by atomic mass is 9.88. The number of allylic oxidation sites excluding steroid dienone is 2. The van der Waals surface area contributed by atoms with Crippen LogP contribution in [-0.2, 0) is 6.42 Å². The molecule has 0 saturated carbocycles. The molecule has 0 spiro atoms. The number of rotatable bonds is 0. The topological polar surface area (TPSA) is 12.0 Å². The third kappa shape index (κ3) is 1.09. The van der Waals surface area contributed by atoms with E-state index in [9.17, 15) is 0 Å². The monoisotopic (exact) mass is 183 g/mol. The van der Waals surface area contributed by atoms with Gasteiger partial charge in [0.2, 0.25) is 0 Å². The summed E-state index contributed by atoms with van der Waals surface area (Å²) in [7, 11) is 0. The molecular weight excluding hydrogens is 170 g/mol. The lowest BCUT2D eigenvalue weighted by molar-refractivity contribution is 0.875. The molecule has 1 aromatic rings. The van der Waals surface area contributed by atoms with Crippen molar-refractivity contribution >= 4 is 5.70 Å². The zero-order valence-corrected chi connectivity index (χ0v) is 8.09. The number of hydrogen-bond acceptors (Lipinski definition) is 1. The minimum Gasteiger partial charge on any atom is -0.381 e. The van der Waals surface area contributed by atoms with Gasteiger partial charge in [-0.2, -0.15) is 0 Å². The number of fused-ring (bicyclic) bond motifs is 2. The molecule has 0 bridgehead atoms. The zero-order chi connectivity index (χ0) is 9.38. The molecule has 0 amide bonds. The molecule has 1 nitrogen and oxygen atoms in total. The fraction of sp³-hybridized carbons (Fsp3) is 0.231. The van der Waals surface area contributed by atoms with E-state index in [1.54, 1.807) is 0 Å². The van der Waals surface area contributed by atoms with Crippen LogP contribution < -0.4 is 5.32 Å². The summed E-state index contributed by atoms with van der Waals surface area (Å²) in [6.07, 6.45) is 6.82. The molecule has 0 radical (unpaired) electrons. The highest BCUT2D eigenvalue weighted by Crippen LogP contribution is 2.31. The maximum Gasteiger partial charge on any atom is 0.0451 e. The Balaban J connectivity index is 2.18. The Bertz CT molecular complexity index is 427. The van der Waals surface area contributed by atoms with Crippen molar-refractivity contribution in [1.82, 2.24) is 5.32 Å². The number of hydrogen-bond donors (Lipinski definition) is 1. The Labute approximate surface area is 84.1 Å². The average Bonchev–Trinajstić information content (AvgIpc) is 2.29. The van der Waals surface area contributed by atoms with E-state index in [0.29, 0.717) is 0 Å². The van der Waals surface area contributed by atoms with Gasteiger partial charge in [-0.15, -0.1) is 0 Å². The van der Waals surface area contributed by atoms with E-state index in [1.807, 2.05) is 0 Å².